The van der Waals surface area contributed by atoms with E-state index in [2.05, 4.69) is 15.4 Å². The van der Waals surface area contributed by atoms with Gasteiger partial charge in [0.05, 0.1) is 23.2 Å². The number of phenolic OH excluding ortho intramolecular Hbond substituents is 2. The average molecular weight is 562 g/mol. The van der Waals surface area contributed by atoms with Crippen LogP contribution in [0.1, 0.15) is 16.7 Å². The molecule has 3 N–H and O–H groups in total. The molecule has 4 aromatic rings. The number of carbonyl (C=O) groups is 1. The number of phenols is 2. The number of para-hydroxylation sites is 1. The smallest absolute Gasteiger partial charge is 0.268 e. The molecular formula is C29H31N5O5S. The highest BCUT2D eigenvalue weighted by Crippen LogP contribution is 2.27. The Morgan fingerprint density at radius 3 is 2.38 bits per heavy atom. The van der Waals surface area contributed by atoms with Gasteiger partial charge in [0.1, 0.15) is 0 Å². The van der Waals surface area contributed by atoms with Gasteiger partial charge in [-0.1, -0.05) is 35.9 Å². The van der Waals surface area contributed by atoms with Gasteiger partial charge in [-0.25, -0.2) is 17.8 Å². The number of nitrogens with one attached hydrogen (secondary N) is 1. The van der Waals surface area contributed by atoms with E-state index in [0.717, 1.165) is 29.6 Å². The summed E-state index contributed by atoms with van der Waals surface area (Å²) in [5.41, 5.74) is 5.61. The van der Waals surface area contributed by atoms with Crippen molar-refractivity contribution in [2.45, 2.75) is 18.4 Å². The fraction of sp³-hybridized carbons (Fsp3) is 0.241. The first-order valence-corrected chi connectivity index (χ1v) is 14.3. The monoisotopic (exact) mass is 561 g/mol. The summed E-state index contributed by atoms with van der Waals surface area (Å²) < 4.78 is 28.3. The maximum atomic E-state index is 13.5. The van der Waals surface area contributed by atoms with E-state index in [1.807, 2.05) is 36.1 Å². The SMILES string of the molecule is Cc1ccc(S(=O)(=O)n2cc(CN3CCN(CC(=O)N/N=C\c4ccc(O)c(O)c4)CC3)c3ccccc32)cc1. The molecular weight excluding hydrogens is 530 g/mol. The van der Waals surface area contributed by atoms with Gasteiger partial charge in [-0.15, -0.1) is 0 Å². The van der Waals surface area contributed by atoms with Crippen molar-refractivity contribution in [3.63, 3.8) is 0 Å². The van der Waals surface area contributed by atoms with Crippen LogP contribution in [0.25, 0.3) is 10.9 Å². The normalized spacial score (nSPS) is 15.1. The fourth-order valence-corrected chi connectivity index (χ4v) is 6.14. The van der Waals surface area contributed by atoms with E-state index >= 15 is 0 Å². The average Bonchev–Trinajstić information content (AvgIpc) is 3.31. The lowest BCUT2D eigenvalue weighted by Gasteiger charge is -2.34. The molecule has 1 fully saturated rings. The Morgan fingerprint density at radius 1 is 0.950 bits per heavy atom. The summed E-state index contributed by atoms with van der Waals surface area (Å²) in [6.07, 6.45) is 3.12. The van der Waals surface area contributed by atoms with Crippen molar-refractivity contribution in [2.24, 2.45) is 5.10 Å². The van der Waals surface area contributed by atoms with Crippen LogP contribution in [0.2, 0.25) is 0 Å². The lowest BCUT2D eigenvalue weighted by molar-refractivity contribution is -0.122. The summed E-state index contributed by atoms with van der Waals surface area (Å²) >= 11 is 0. The Balaban J connectivity index is 1.19. The van der Waals surface area contributed by atoms with E-state index in [9.17, 15) is 23.4 Å². The lowest BCUT2D eigenvalue weighted by Crippen LogP contribution is -2.48. The van der Waals surface area contributed by atoms with Crippen LogP contribution in [0.15, 0.2) is 82.9 Å². The van der Waals surface area contributed by atoms with Crippen LogP contribution in [0.5, 0.6) is 11.5 Å². The van der Waals surface area contributed by atoms with Gasteiger partial charge in [-0.3, -0.25) is 14.6 Å². The summed E-state index contributed by atoms with van der Waals surface area (Å²) in [7, 11) is -3.74. The van der Waals surface area contributed by atoms with Crippen molar-refractivity contribution < 1.29 is 23.4 Å². The van der Waals surface area contributed by atoms with Gasteiger partial charge in [0.15, 0.2) is 11.5 Å². The van der Waals surface area contributed by atoms with Gasteiger partial charge >= 0.3 is 0 Å². The molecule has 2 heterocycles. The van der Waals surface area contributed by atoms with Crippen molar-refractivity contribution in [2.75, 3.05) is 32.7 Å². The Kier molecular flexibility index (Phi) is 7.88. The first-order chi connectivity index (χ1) is 19.2. The van der Waals surface area contributed by atoms with Gasteiger partial charge in [-0.05, 0) is 54.4 Å². The molecule has 1 aliphatic rings. The van der Waals surface area contributed by atoms with E-state index in [1.54, 1.807) is 36.5 Å². The standard InChI is InChI=1S/C29H31N5O5S/c1-21-6-9-24(10-7-21)40(38,39)34-19-23(25-4-2-3-5-26(25)34)18-32-12-14-33(15-13-32)20-29(37)31-30-17-22-8-11-27(35)28(36)16-22/h2-11,16-17,19,35-36H,12-15,18,20H2,1H3,(H,31,37)/b30-17-. The van der Waals surface area contributed by atoms with Crippen LogP contribution >= 0.6 is 0 Å². The van der Waals surface area contributed by atoms with Crippen LogP contribution in [0.4, 0.5) is 0 Å². The topological polar surface area (TPSA) is 127 Å². The highest BCUT2D eigenvalue weighted by Gasteiger charge is 2.24. The number of hydrogen-bond acceptors (Lipinski definition) is 8. The number of aromatic hydroxyl groups is 2. The quantitative estimate of drug-likeness (QED) is 0.172. The molecule has 1 saturated heterocycles. The summed E-state index contributed by atoms with van der Waals surface area (Å²) in [6, 6.07) is 18.7. The molecule has 5 rings (SSSR count). The van der Waals surface area contributed by atoms with Crippen molar-refractivity contribution in [3.05, 3.63) is 89.6 Å². The number of fused-ring (bicyclic) bond motifs is 1. The number of benzene rings is 3. The molecule has 3 aromatic carbocycles. The third-order valence-electron chi connectivity index (χ3n) is 6.97. The predicted octanol–water partition coefficient (Wildman–Crippen LogP) is 2.87. The summed E-state index contributed by atoms with van der Waals surface area (Å²) in [6.45, 7) is 5.54. The minimum absolute atomic E-state index is 0.195. The third-order valence-corrected chi connectivity index (χ3v) is 8.65. The van der Waals surface area contributed by atoms with Gasteiger partial charge < -0.3 is 10.2 Å². The number of piperazine rings is 1. The van der Waals surface area contributed by atoms with Crippen LogP contribution in [-0.4, -0.2) is 77.2 Å². The molecule has 10 nitrogen and oxygen atoms in total. The summed E-state index contributed by atoms with van der Waals surface area (Å²) in [5.74, 6) is -0.735. The number of hydrogen-bond donors (Lipinski definition) is 3. The van der Waals surface area contributed by atoms with Gasteiger partial charge in [0, 0.05) is 44.3 Å². The highest BCUT2D eigenvalue weighted by atomic mass is 32.2. The molecule has 1 aromatic heterocycles. The van der Waals surface area contributed by atoms with E-state index < -0.39 is 10.0 Å². The molecule has 0 atom stereocenters. The second-order valence-corrected chi connectivity index (χ2v) is 11.7. The zero-order chi connectivity index (χ0) is 28.3. The van der Waals surface area contributed by atoms with Gasteiger partial charge in [-0.2, -0.15) is 5.10 Å². The molecule has 0 bridgehead atoms. The third kappa shape index (κ3) is 6.01. The second kappa shape index (κ2) is 11.5. The number of carbonyl (C=O) groups excluding carboxylic acids is 1. The number of aromatic nitrogens is 1. The fourth-order valence-electron chi connectivity index (χ4n) is 4.75. The molecule has 0 spiro atoms. The first-order valence-electron chi connectivity index (χ1n) is 12.9. The molecule has 1 amide bonds. The summed E-state index contributed by atoms with van der Waals surface area (Å²) in [5, 5.41) is 23.7. The van der Waals surface area contributed by atoms with E-state index in [0.29, 0.717) is 30.7 Å². The molecule has 0 unspecified atom stereocenters. The number of hydrazone groups is 1. The zero-order valence-corrected chi connectivity index (χ0v) is 22.9. The Hall–Kier alpha value is -4.19. The van der Waals surface area contributed by atoms with Gasteiger partial charge in [0.25, 0.3) is 15.9 Å². The molecule has 11 heteroatoms. The number of aryl methyl sites for hydroxylation is 1. The lowest BCUT2D eigenvalue weighted by atomic mass is 10.1. The molecule has 40 heavy (non-hydrogen) atoms. The largest absolute Gasteiger partial charge is 0.504 e. The highest BCUT2D eigenvalue weighted by molar-refractivity contribution is 7.90. The van der Waals surface area contributed by atoms with Crippen LogP contribution in [0.3, 0.4) is 0 Å². The zero-order valence-electron chi connectivity index (χ0n) is 22.1. The molecule has 208 valence electrons. The second-order valence-electron chi connectivity index (χ2n) is 9.88. The molecule has 0 radical (unpaired) electrons. The number of amides is 1. The number of rotatable bonds is 8. The Bertz CT molecular complexity index is 1660. The van der Waals surface area contributed by atoms with Crippen LogP contribution < -0.4 is 5.43 Å². The van der Waals surface area contributed by atoms with Gasteiger partial charge in [0.2, 0.25) is 0 Å². The molecule has 1 aliphatic heterocycles. The van der Waals surface area contributed by atoms with Crippen molar-refractivity contribution in [1.29, 1.82) is 0 Å². The van der Waals surface area contributed by atoms with Crippen molar-refractivity contribution >= 4 is 33.0 Å². The Morgan fingerprint density at radius 2 is 1.65 bits per heavy atom. The van der Waals surface area contributed by atoms with Crippen LogP contribution in [0, 0.1) is 6.92 Å². The molecule has 0 saturated carbocycles. The maximum Gasteiger partial charge on any atom is 0.268 e. The van der Waals surface area contributed by atoms with Crippen molar-refractivity contribution in [1.82, 2.24) is 19.2 Å². The summed E-state index contributed by atoms with van der Waals surface area (Å²) in [4.78, 5) is 16.9. The van der Waals surface area contributed by atoms with E-state index in [1.165, 1.54) is 22.3 Å². The van der Waals surface area contributed by atoms with E-state index in [4.69, 9.17) is 0 Å². The first kappa shape index (κ1) is 27.4. The van der Waals surface area contributed by atoms with Crippen LogP contribution in [-0.2, 0) is 21.4 Å². The maximum absolute atomic E-state index is 13.5. The minimum atomic E-state index is -3.74. The predicted molar refractivity (Wildman–Crippen MR) is 153 cm³/mol. The van der Waals surface area contributed by atoms with Crippen molar-refractivity contribution in [3.8, 4) is 11.5 Å². The minimum Gasteiger partial charge on any atom is -0.504 e. The number of nitrogens with zero attached hydrogens (tertiary/aromatic N) is 4. The Labute approximate surface area is 232 Å². The van der Waals surface area contributed by atoms with E-state index in [-0.39, 0.29) is 28.8 Å². The molecule has 0 aliphatic carbocycles.